The minimum absolute atomic E-state index is 0.472. The van der Waals surface area contributed by atoms with Gasteiger partial charge >= 0.3 is 0 Å². The molecule has 0 aromatic heterocycles. The molecular formula is C19H34O2. The normalized spacial score (nSPS) is 34.6. The Hall–Kier alpha value is -0.340. The Morgan fingerprint density at radius 3 is 1.81 bits per heavy atom. The zero-order chi connectivity index (χ0) is 15.3. The molecule has 21 heavy (non-hydrogen) atoms. The van der Waals surface area contributed by atoms with E-state index in [1.165, 1.54) is 51.4 Å². The summed E-state index contributed by atoms with van der Waals surface area (Å²) in [6.07, 6.45) is 13.2. The lowest BCUT2D eigenvalue weighted by Crippen LogP contribution is -2.39. The molecule has 0 aliphatic heterocycles. The van der Waals surface area contributed by atoms with Crippen LogP contribution in [0, 0.1) is 17.3 Å². The monoisotopic (exact) mass is 294 g/mol. The molecule has 2 saturated carbocycles. The standard InChI is InChI=1S/C19H34O2/c1-5-14-21-18-12-8-16(9-13-18)19(2,3)15-6-10-17(20-4)11-7-15/h5,15-18H,1,6-14H2,2-4H3. The lowest BCUT2D eigenvalue weighted by Gasteiger charge is -2.46. The van der Waals surface area contributed by atoms with Crippen LogP contribution in [0.5, 0.6) is 0 Å². The topological polar surface area (TPSA) is 18.5 Å². The van der Waals surface area contributed by atoms with Crippen LogP contribution in [0.25, 0.3) is 0 Å². The highest BCUT2D eigenvalue weighted by Crippen LogP contribution is 2.48. The molecule has 2 rings (SSSR count). The summed E-state index contributed by atoms with van der Waals surface area (Å²) < 4.78 is 11.4. The van der Waals surface area contributed by atoms with Crippen molar-refractivity contribution in [2.75, 3.05) is 13.7 Å². The third-order valence-corrected chi connectivity index (χ3v) is 6.24. The Balaban J connectivity index is 1.82. The van der Waals surface area contributed by atoms with Gasteiger partial charge in [-0.1, -0.05) is 19.9 Å². The number of rotatable bonds is 6. The van der Waals surface area contributed by atoms with Crippen LogP contribution in [0.4, 0.5) is 0 Å². The second-order valence-electron chi connectivity index (χ2n) is 7.63. The summed E-state index contributed by atoms with van der Waals surface area (Å²) in [6.45, 7) is 9.47. The van der Waals surface area contributed by atoms with E-state index >= 15 is 0 Å². The van der Waals surface area contributed by atoms with Crippen molar-refractivity contribution in [2.24, 2.45) is 17.3 Å². The molecule has 0 aromatic rings. The van der Waals surface area contributed by atoms with E-state index in [2.05, 4.69) is 20.4 Å². The predicted octanol–water partition coefficient (Wildman–Crippen LogP) is 4.98. The fraction of sp³-hybridized carbons (Fsp3) is 0.895. The van der Waals surface area contributed by atoms with Gasteiger partial charge in [-0.15, -0.1) is 6.58 Å². The summed E-state index contributed by atoms with van der Waals surface area (Å²) in [5, 5.41) is 0. The molecule has 0 aromatic carbocycles. The van der Waals surface area contributed by atoms with Gasteiger partial charge in [-0.25, -0.2) is 0 Å². The average Bonchev–Trinajstić information content (AvgIpc) is 2.53. The number of hydrogen-bond acceptors (Lipinski definition) is 2. The van der Waals surface area contributed by atoms with Crippen LogP contribution < -0.4 is 0 Å². The second-order valence-corrected chi connectivity index (χ2v) is 7.63. The lowest BCUT2D eigenvalue weighted by atomic mass is 9.60. The van der Waals surface area contributed by atoms with Crippen LogP contribution in [0.1, 0.15) is 65.2 Å². The first-order valence-electron chi connectivity index (χ1n) is 8.83. The molecule has 0 radical (unpaired) electrons. The summed E-state index contributed by atoms with van der Waals surface area (Å²) in [5.74, 6) is 1.74. The van der Waals surface area contributed by atoms with Crippen LogP contribution in [-0.4, -0.2) is 25.9 Å². The maximum Gasteiger partial charge on any atom is 0.0648 e. The fourth-order valence-corrected chi connectivity index (χ4v) is 4.55. The van der Waals surface area contributed by atoms with Crippen LogP contribution in [0.15, 0.2) is 12.7 Å². The Kier molecular flexibility index (Phi) is 6.31. The van der Waals surface area contributed by atoms with Gasteiger partial charge in [-0.3, -0.25) is 0 Å². The second kappa shape index (κ2) is 7.78. The number of hydrogen-bond donors (Lipinski definition) is 0. The number of ether oxygens (including phenoxy) is 2. The molecule has 0 bridgehead atoms. The van der Waals surface area contributed by atoms with E-state index in [9.17, 15) is 0 Å². The molecule has 2 aliphatic rings. The first-order chi connectivity index (χ1) is 10.1. The van der Waals surface area contributed by atoms with Gasteiger partial charge in [0, 0.05) is 7.11 Å². The van der Waals surface area contributed by atoms with Gasteiger partial charge < -0.3 is 9.47 Å². The molecule has 0 unspecified atom stereocenters. The molecule has 2 nitrogen and oxygen atoms in total. The van der Waals surface area contributed by atoms with Gasteiger partial charge in [0.05, 0.1) is 18.8 Å². The third-order valence-electron chi connectivity index (χ3n) is 6.24. The number of methoxy groups -OCH3 is 1. The van der Waals surface area contributed by atoms with E-state index < -0.39 is 0 Å². The summed E-state index contributed by atoms with van der Waals surface area (Å²) in [4.78, 5) is 0. The maximum atomic E-state index is 5.83. The summed E-state index contributed by atoms with van der Waals surface area (Å²) in [7, 11) is 1.86. The molecular weight excluding hydrogens is 260 g/mol. The van der Waals surface area contributed by atoms with Crippen molar-refractivity contribution >= 4 is 0 Å². The first kappa shape index (κ1) is 17.0. The quantitative estimate of drug-likeness (QED) is 0.643. The van der Waals surface area contributed by atoms with Crippen LogP contribution in [0.3, 0.4) is 0 Å². The van der Waals surface area contributed by atoms with Crippen molar-refractivity contribution in [3.8, 4) is 0 Å². The highest BCUT2D eigenvalue weighted by molar-refractivity contribution is 4.91. The van der Waals surface area contributed by atoms with E-state index in [0.29, 0.717) is 24.2 Å². The van der Waals surface area contributed by atoms with E-state index in [1.54, 1.807) is 0 Å². The van der Waals surface area contributed by atoms with Gasteiger partial charge in [0.15, 0.2) is 0 Å². The van der Waals surface area contributed by atoms with E-state index in [1.807, 2.05) is 13.2 Å². The van der Waals surface area contributed by atoms with Gasteiger partial charge in [0.1, 0.15) is 0 Å². The highest BCUT2D eigenvalue weighted by Gasteiger charge is 2.40. The van der Waals surface area contributed by atoms with Crippen molar-refractivity contribution < 1.29 is 9.47 Å². The van der Waals surface area contributed by atoms with Gasteiger partial charge in [0.2, 0.25) is 0 Å². The molecule has 0 atom stereocenters. The molecule has 2 aliphatic carbocycles. The summed E-state index contributed by atoms with van der Waals surface area (Å²) >= 11 is 0. The molecule has 0 saturated heterocycles. The minimum atomic E-state index is 0.472. The van der Waals surface area contributed by atoms with Crippen molar-refractivity contribution in [1.29, 1.82) is 0 Å². The summed E-state index contributed by atoms with van der Waals surface area (Å²) in [6, 6.07) is 0. The van der Waals surface area contributed by atoms with Crippen LogP contribution in [-0.2, 0) is 9.47 Å². The van der Waals surface area contributed by atoms with Crippen molar-refractivity contribution in [2.45, 2.75) is 77.4 Å². The Morgan fingerprint density at radius 2 is 1.38 bits per heavy atom. The minimum Gasteiger partial charge on any atom is -0.381 e. The van der Waals surface area contributed by atoms with E-state index in [0.717, 1.165) is 11.8 Å². The SMILES string of the molecule is C=CCOC1CCC(C(C)(C)C2CCC(OC)CC2)CC1. The average molecular weight is 294 g/mol. The molecule has 0 amide bonds. The Morgan fingerprint density at radius 1 is 0.905 bits per heavy atom. The van der Waals surface area contributed by atoms with Gasteiger partial charge in [0.25, 0.3) is 0 Å². The smallest absolute Gasteiger partial charge is 0.0648 e. The zero-order valence-corrected chi connectivity index (χ0v) is 14.3. The Bertz CT molecular complexity index is 308. The molecule has 0 heterocycles. The largest absolute Gasteiger partial charge is 0.381 e. The molecule has 0 spiro atoms. The predicted molar refractivity (Wildman–Crippen MR) is 88.4 cm³/mol. The van der Waals surface area contributed by atoms with Crippen LogP contribution >= 0.6 is 0 Å². The fourth-order valence-electron chi connectivity index (χ4n) is 4.55. The molecule has 0 N–H and O–H groups in total. The zero-order valence-electron chi connectivity index (χ0n) is 14.3. The molecule has 2 heteroatoms. The summed E-state index contributed by atoms with van der Waals surface area (Å²) in [5.41, 5.74) is 0.474. The first-order valence-corrected chi connectivity index (χ1v) is 8.83. The maximum absolute atomic E-state index is 5.83. The van der Waals surface area contributed by atoms with Crippen LogP contribution in [0.2, 0.25) is 0 Å². The highest BCUT2D eigenvalue weighted by atomic mass is 16.5. The van der Waals surface area contributed by atoms with Crippen molar-refractivity contribution in [3.05, 3.63) is 12.7 Å². The molecule has 2 fully saturated rings. The van der Waals surface area contributed by atoms with Crippen molar-refractivity contribution in [3.63, 3.8) is 0 Å². The van der Waals surface area contributed by atoms with E-state index in [4.69, 9.17) is 9.47 Å². The van der Waals surface area contributed by atoms with Gasteiger partial charge in [-0.05, 0) is 68.6 Å². The van der Waals surface area contributed by atoms with E-state index in [-0.39, 0.29) is 0 Å². The third kappa shape index (κ3) is 4.32. The van der Waals surface area contributed by atoms with Crippen molar-refractivity contribution in [1.82, 2.24) is 0 Å². The van der Waals surface area contributed by atoms with Gasteiger partial charge in [-0.2, -0.15) is 0 Å². The lowest BCUT2D eigenvalue weighted by molar-refractivity contribution is -0.0223. The Labute approximate surface area is 131 Å². The molecule has 122 valence electrons.